The van der Waals surface area contributed by atoms with E-state index in [1.54, 1.807) is 31.2 Å². The number of fused-ring (bicyclic) bond motifs is 1. The molecule has 0 amide bonds. The molecule has 36 heavy (non-hydrogen) atoms. The molecule has 1 aliphatic heterocycles. The Kier molecular flexibility index (Phi) is 7.32. The van der Waals surface area contributed by atoms with Crippen LogP contribution >= 0.6 is 22.9 Å². The third kappa shape index (κ3) is 4.93. The van der Waals surface area contributed by atoms with Crippen LogP contribution in [0.5, 0.6) is 5.75 Å². The normalized spacial score (nSPS) is 15.2. The summed E-state index contributed by atoms with van der Waals surface area (Å²) in [6.45, 7) is 6.47. The number of hydrogen-bond donors (Lipinski definition) is 0. The highest BCUT2D eigenvalue weighted by molar-refractivity contribution is 7.07. The van der Waals surface area contributed by atoms with E-state index in [9.17, 15) is 18.8 Å². The van der Waals surface area contributed by atoms with E-state index in [2.05, 4.69) is 11.6 Å². The highest BCUT2D eigenvalue weighted by Crippen LogP contribution is 2.31. The van der Waals surface area contributed by atoms with Gasteiger partial charge in [-0.1, -0.05) is 53.8 Å². The monoisotopic (exact) mass is 526 g/mol. The predicted octanol–water partition coefficient (Wildman–Crippen LogP) is 3.68. The molecule has 0 unspecified atom stereocenters. The molecule has 10 heteroatoms. The van der Waals surface area contributed by atoms with Gasteiger partial charge in [-0.15, -0.1) is 0 Å². The Morgan fingerprint density at radius 3 is 2.61 bits per heavy atom. The second-order valence-electron chi connectivity index (χ2n) is 7.77. The van der Waals surface area contributed by atoms with E-state index >= 15 is 0 Å². The molecule has 2 heterocycles. The SMILES string of the molecule is C=CCOC(=O)C1=C(C)N=c2s/c(=C\c3c(F)cccc3Cl)c(=O)n2[C@@H]1c1ccc(OC(C)=O)cc1. The quantitative estimate of drug-likeness (QED) is 0.278. The number of thiazole rings is 1. The molecule has 184 valence electrons. The minimum Gasteiger partial charge on any atom is -0.458 e. The number of rotatable bonds is 6. The highest BCUT2D eigenvalue weighted by atomic mass is 35.5. The van der Waals surface area contributed by atoms with Crippen molar-refractivity contribution in [3.63, 3.8) is 0 Å². The van der Waals surface area contributed by atoms with Gasteiger partial charge in [0.2, 0.25) is 0 Å². The van der Waals surface area contributed by atoms with Crippen molar-refractivity contribution in [3.8, 4) is 5.75 Å². The van der Waals surface area contributed by atoms with Crippen molar-refractivity contribution in [1.82, 2.24) is 4.57 Å². The van der Waals surface area contributed by atoms with E-state index in [-0.39, 0.29) is 27.3 Å². The van der Waals surface area contributed by atoms with Gasteiger partial charge in [-0.25, -0.2) is 14.2 Å². The van der Waals surface area contributed by atoms with Crippen molar-refractivity contribution in [3.05, 3.63) is 108 Å². The summed E-state index contributed by atoms with van der Waals surface area (Å²) in [5.41, 5.74) is 0.693. The lowest BCUT2D eigenvalue weighted by Gasteiger charge is -2.24. The van der Waals surface area contributed by atoms with Crippen LogP contribution in [0.2, 0.25) is 5.02 Å². The molecule has 4 rings (SSSR count). The van der Waals surface area contributed by atoms with Gasteiger partial charge in [0.05, 0.1) is 26.9 Å². The molecule has 7 nitrogen and oxygen atoms in total. The van der Waals surface area contributed by atoms with Gasteiger partial charge >= 0.3 is 11.9 Å². The number of halogens is 2. The van der Waals surface area contributed by atoms with Crippen LogP contribution in [0.1, 0.15) is 31.0 Å². The first-order valence-corrected chi connectivity index (χ1v) is 11.9. The van der Waals surface area contributed by atoms with Crippen molar-refractivity contribution < 1.29 is 23.5 Å². The van der Waals surface area contributed by atoms with E-state index < -0.39 is 29.4 Å². The van der Waals surface area contributed by atoms with Gasteiger partial charge in [0, 0.05) is 12.5 Å². The van der Waals surface area contributed by atoms with Crippen LogP contribution in [0.3, 0.4) is 0 Å². The standard InChI is InChI=1S/C26H20ClFN2O5S/c1-4-12-34-25(33)22-14(2)29-26-30(23(22)16-8-10-17(11-9-16)35-15(3)31)24(32)21(36-26)13-18-19(27)6-5-7-20(18)28/h4-11,13,23H,1,12H2,2-3H3/b21-13-/t23-/m1/s1. The molecule has 1 atom stereocenters. The van der Waals surface area contributed by atoms with Crippen molar-refractivity contribution in [1.29, 1.82) is 0 Å². The van der Waals surface area contributed by atoms with Gasteiger partial charge in [-0.2, -0.15) is 0 Å². The minimum atomic E-state index is -0.886. The smallest absolute Gasteiger partial charge is 0.338 e. The maximum atomic E-state index is 14.4. The third-order valence-corrected chi connectivity index (χ3v) is 6.62. The summed E-state index contributed by atoms with van der Waals surface area (Å²) in [4.78, 5) is 42.7. The summed E-state index contributed by atoms with van der Waals surface area (Å²) in [7, 11) is 0. The number of ether oxygens (including phenoxy) is 2. The fourth-order valence-corrected chi connectivity index (χ4v) is 5.02. The Balaban J connectivity index is 1.92. The van der Waals surface area contributed by atoms with Crippen LogP contribution in [0.4, 0.5) is 4.39 Å². The first-order valence-electron chi connectivity index (χ1n) is 10.7. The summed E-state index contributed by atoms with van der Waals surface area (Å²) in [6, 6.07) is 9.78. The largest absolute Gasteiger partial charge is 0.458 e. The molecule has 2 aromatic carbocycles. The average Bonchev–Trinajstić information content (AvgIpc) is 3.13. The maximum absolute atomic E-state index is 14.4. The molecule has 0 aliphatic carbocycles. The second-order valence-corrected chi connectivity index (χ2v) is 9.18. The number of carbonyl (C=O) groups is 2. The third-order valence-electron chi connectivity index (χ3n) is 5.31. The molecule has 0 spiro atoms. The number of aromatic nitrogens is 1. The van der Waals surface area contributed by atoms with Crippen LogP contribution < -0.4 is 19.6 Å². The average molecular weight is 527 g/mol. The van der Waals surface area contributed by atoms with Crippen LogP contribution in [-0.2, 0) is 14.3 Å². The van der Waals surface area contributed by atoms with E-state index in [1.165, 1.54) is 41.8 Å². The van der Waals surface area contributed by atoms with E-state index in [0.29, 0.717) is 21.8 Å². The molecule has 0 N–H and O–H groups in total. The van der Waals surface area contributed by atoms with E-state index in [1.807, 2.05) is 0 Å². The number of hydrogen-bond acceptors (Lipinski definition) is 7. The zero-order chi connectivity index (χ0) is 26.0. The van der Waals surface area contributed by atoms with Gasteiger partial charge in [0.25, 0.3) is 5.56 Å². The van der Waals surface area contributed by atoms with E-state index in [4.69, 9.17) is 21.1 Å². The lowest BCUT2D eigenvalue weighted by Crippen LogP contribution is -2.40. The molecule has 1 aliphatic rings. The number of benzene rings is 2. The fourth-order valence-electron chi connectivity index (χ4n) is 3.77. The molecule has 1 aromatic heterocycles. The Morgan fingerprint density at radius 1 is 1.25 bits per heavy atom. The minimum absolute atomic E-state index is 0.0239. The lowest BCUT2D eigenvalue weighted by molar-refractivity contribution is -0.138. The Morgan fingerprint density at radius 2 is 1.97 bits per heavy atom. The molecular weight excluding hydrogens is 507 g/mol. The molecule has 0 bridgehead atoms. The molecule has 0 saturated carbocycles. The number of esters is 2. The molecule has 0 fully saturated rings. The highest BCUT2D eigenvalue weighted by Gasteiger charge is 2.33. The van der Waals surface area contributed by atoms with Gasteiger partial charge in [0.1, 0.15) is 18.2 Å². The van der Waals surface area contributed by atoms with Crippen LogP contribution in [0, 0.1) is 5.82 Å². The molecule has 0 radical (unpaired) electrons. The first-order chi connectivity index (χ1) is 17.2. The fraction of sp³-hybridized carbons (Fsp3) is 0.154. The topological polar surface area (TPSA) is 87.0 Å². The molecule has 3 aromatic rings. The van der Waals surface area contributed by atoms with Crippen molar-refractivity contribution in [2.75, 3.05) is 6.61 Å². The Bertz CT molecular complexity index is 1570. The van der Waals surface area contributed by atoms with Gasteiger partial charge in [0.15, 0.2) is 4.80 Å². The number of carbonyl (C=O) groups excluding carboxylic acids is 2. The summed E-state index contributed by atoms with van der Waals surface area (Å²) in [5, 5.41) is 0.156. The number of allylic oxidation sites excluding steroid dienone is 1. The lowest BCUT2D eigenvalue weighted by atomic mass is 9.96. The Hall–Kier alpha value is -3.82. The van der Waals surface area contributed by atoms with Crippen LogP contribution in [-0.4, -0.2) is 23.1 Å². The summed E-state index contributed by atoms with van der Waals surface area (Å²) in [6.07, 6.45) is 2.81. The van der Waals surface area contributed by atoms with Gasteiger partial charge in [-0.3, -0.25) is 14.2 Å². The number of nitrogens with zero attached hydrogens (tertiary/aromatic N) is 2. The zero-order valence-corrected chi connectivity index (χ0v) is 20.9. The first kappa shape index (κ1) is 25.3. The van der Waals surface area contributed by atoms with Gasteiger partial charge in [-0.05, 0) is 42.8 Å². The zero-order valence-electron chi connectivity index (χ0n) is 19.3. The predicted molar refractivity (Wildman–Crippen MR) is 134 cm³/mol. The molecular formula is C26H20ClFN2O5S. The van der Waals surface area contributed by atoms with Crippen molar-refractivity contribution in [2.24, 2.45) is 4.99 Å². The van der Waals surface area contributed by atoms with Crippen molar-refractivity contribution in [2.45, 2.75) is 19.9 Å². The Labute approximate surface area is 214 Å². The van der Waals surface area contributed by atoms with Gasteiger partial charge < -0.3 is 9.47 Å². The molecule has 0 saturated heterocycles. The summed E-state index contributed by atoms with van der Waals surface area (Å²) < 4.78 is 26.4. The van der Waals surface area contributed by atoms with E-state index in [0.717, 1.165) is 11.3 Å². The second kappa shape index (κ2) is 10.4. The summed E-state index contributed by atoms with van der Waals surface area (Å²) in [5.74, 6) is -1.40. The summed E-state index contributed by atoms with van der Waals surface area (Å²) >= 11 is 7.21. The van der Waals surface area contributed by atoms with Crippen molar-refractivity contribution >= 4 is 41.0 Å². The van der Waals surface area contributed by atoms with Crippen LogP contribution in [0.15, 0.2) is 76.2 Å². The maximum Gasteiger partial charge on any atom is 0.338 e. The van der Waals surface area contributed by atoms with Crippen LogP contribution in [0.25, 0.3) is 6.08 Å².